The summed E-state index contributed by atoms with van der Waals surface area (Å²) in [7, 11) is 0. The Labute approximate surface area is 276 Å². The fraction of sp³-hybridized carbons (Fsp3) is 0.129. The zero-order valence-corrected chi connectivity index (χ0v) is 25.4. The quantitative estimate of drug-likeness (QED) is 0.210. The van der Waals surface area contributed by atoms with Crippen LogP contribution in [0.1, 0.15) is 56.3 Å². The van der Waals surface area contributed by atoms with E-state index in [1.165, 1.54) is 23.0 Å². The maximum Gasteiger partial charge on any atom is 0.416 e. The summed E-state index contributed by atoms with van der Waals surface area (Å²) in [6, 6.07) is 6.72. The zero-order chi connectivity index (χ0) is 35.2. The summed E-state index contributed by atoms with van der Waals surface area (Å²) in [6.45, 7) is 1.01. The number of nitrogens with zero attached hydrogens (tertiary/aromatic N) is 6. The number of rotatable bonds is 7. The van der Waals surface area contributed by atoms with Gasteiger partial charge in [-0.2, -0.15) is 18.3 Å². The van der Waals surface area contributed by atoms with E-state index in [0.29, 0.717) is 17.7 Å². The van der Waals surface area contributed by atoms with E-state index in [-0.39, 0.29) is 33.9 Å². The van der Waals surface area contributed by atoms with Crippen LogP contribution in [0.4, 0.5) is 32.2 Å². The molecular weight excluding hydrogens is 682 g/mol. The Morgan fingerprint density at radius 3 is 2.41 bits per heavy atom. The van der Waals surface area contributed by atoms with Crippen LogP contribution in [0.15, 0.2) is 72.1 Å². The summed E-state index contributed by atoms with van der Waals surface area (Å²) in [4.78, 5) is 52.0. The van der Waals surface area contributed by atoms with Crippen molar-refractivity contribution in [2.75, 3.05) is 5.32 Å². The summed E-state index contributed by atoms with van der Waals surface area (Å²) in [6.07, 6.45) is -1.46. The Kier molecular flexibility index (Phi) is 8.53. The summed E-state index contributed by atoms with van der Waals surface area (Å²) in [5, 5.41) is 8.70. The van der Waals surface area contributed by atoms with Crippen molar-refractivity contribution < 1.29 is 40.7 Å². The lowest BCUT2D eigenvalue weighted by Gasteiger charge is -2.19. The predicted molar refractivity (Wildman–Crippen MR) is 161 cm³/mol. The van der Waals surface area contributed by atoms with Gasteiger partial charge in [0.25, 0.3) is 17.7 Å². The largest absolute Gasteiger partial charge is 0.416 e. The van der Waals surface area contributed by atoms with E-state index in [2.05, 4.69) is 30.7 Å². The molecular formula is C31H19ClF6N8O3. The summed E-state index contributed by atoms with van der Waals surface area (Å²) < 4.78 is 84.2. The van der Waals surface area contributed by atoms with Gasteiger partial charge >= 0.3 is 6.18 Å². The van der Waals surface area contributed by atoms with Gasteiger partial charge in [0.05, 0.1) is 29.0 Å². The Hall–Kier alpha value is -5.84. The number of aliphatic imine (C=N–C) groups is 1. The molecule has 3 amide bonds. The third kappa shape index (κ3) is 6.78. The molecule has 11 nitrogen and oxygen atoms in total. The number of hydrogen-bond acceptors (Lipinski definition) is 6. The molecule has 6 rings (SSSR count). The number of halogens is 7. The second kappa shape index (κ2) is 12.6. The maximum absolute atomic E-state index is 14.3. The lowest BCUT2D eigenvalue weighted by molar-refractivity contribution is -0.137. The van der Waals surface area contributed by atoms with Crippen molar-refractivity contribution in [1.82, 2.24) is 29.6 Å². The van der Waals surface area contributed by atoms with Crippen molar-refractivity contribution in [2.24, 2.45) is 4.99 Å². The number of nitrogens with one attached hydrogen (secondary N) is 2. The Morgan fingerprint density at radius 1 is 0.959 bits per heavy atom. The van der Waals surface area contributed by atoms with Crippen LogP contribution >= 0.6 is 11.6 Å². The molecule has 18 heteroatoms. The van der Waals surface area contributed by atoms with E-state index in [1.807, 2.05) is 0 Å². The van der Waals surface area contributed by atoms with Gasteiger partial charge in [-0.05, 0) is 55.0 Å². The number of carbonyl (C=O) groups is 3. The van der Waals surface area contributed by atoms with Gasteiger partial charge in [-0.3, -0.25) is 14.4 Å². The van der Waals surface area contributed by atoms with Crippen LogP contribution in [0.5, 0.6) is 0 Å². The van der Waals surface area contributed by atoms with Crippen LogP contribution in [-0.4, -0.2) is 47.7 Å². The van der Waals surface area contributed by atoms with Gasteiger partial charge in [-0.15, -0.1) is 0 Å². The number of fused-ring (bicyclic) bond motifs is 1. The van der Waals surface area contributed by atoms with E-state index >= 15 is 0 Å². The highest BCUT2D eigenvalue weighted by Crippen LogP contribution is 2.32. The number of alkyl halides is 3. The first-order valence-corrected chi connectivity index (χ1v) is 14.4. The predicted octanol–water partition coefficient (Wildman–Crippen LogP) is 5.67. The second-order valence-electron chi connectivity index (χ2n) is 10.6. The van der Waals surface area contributed by atoms with Gasteiger partial charge in [0.2, 0.25) is 5.82 Å². The Bertz CT molecular complexity index is 2180. The molecule has 1 aliphatic rings. The minimum atomic E-state index is -4.98. The molecule has 1 atom stereocenters. The highest BCUT2D eigenvalue weighted by molar-refractivity contribution is 6.36. The smallest absolute Gasteiger partial charge is 0.343 e. The summed E-state index contributed by atoms with van der Waals surface area (Å²) >= 11 is 6.30. The number of carbonyl (C=O) groups excluding carboxylic acids is 3. The van der Waals surface area contributed by atoms with Gasteiger partial charge in [-0.1, -0.05) is 17.7 Å². The van der Waals surface area contributed by atoms with Crippen molar-refractivity contribution in [3.05, 3.63) is 123 Å². The van der Waals surface area contributed by atoms with E-state index < -0.39 is 76.7 Å². The van der Waals surface area contributed by atoms with Gasteiger partial charge in [0.1, 0.15) is 29.6 Å². The Morgan fingerprint density at radius 2 is 1.73 bits per heavy atom. The van der Waals surface area contributed by atoms with Gasteiger partial charge in [-0.25, -0.2) is 32.8 Å². The van der Waals surface area contributed by atoms with Crippen LogP contribution in [0.2, 0.25) is 5.02 Å². The minimum Gasteiger partial charge on any atom is -0.343 e. The van der Waals surface area contributed by atoms with E-state index in [9.17, 15) is 40.7 Å². The van der Waals surface area contributed by atoms with Crippen LogP contribution < -0.4 is 10.6 Å². The first kappa shape index (κ1) is 33.1. The van der Waals surface area contributed by atoms with E-state index in [1.54, 1.807) is 13.0 Å². The van der Waals surface area contributed by atoms with Crippen LogP contribution in [0.25, 0.3) is 5.82 Å². The van der Waals surface area contributed by atoms with Crippen LogP contribution in [-0.2, 0) is 17.5 Å². The molecule has 0 bridgehead atoms. The van der Waals surface area contributed by atoms with Gasteiger partial charge in [0.15, 0.2) is 17.5 Å². The fourth-order valence-electron chi connectivity index (χ4n) is 4.95. The van der Waals surface area contributed by atoms with E-state index in [0.717, 1.165) is 29.1 Å². The monoisotopic (exact) mass is 700 g/mol. The number of hydrogen-bond donors (Lipinski definition) is 2. The minimum absolute atomic E-state index is 0.0757. The molecule has 0 radical (unpaired) electrons. The summed E-state index contributed by atoms with van der Waals surface area (Å²) in [5.41, 5.74) is -2.32. The zero-order valence-electron chi connectivity index (χ0n) is 24.7. The SMILES string of the molecule is C[C@@H](NC(=O)c1nc(NC(=O)c2cc(F)cc(C(F)(F)F)c2)c2n1CC(=O)N=C2c1cc(F)ccc1Cl)c1ccc(-n2cc(F)cn2)nc1. The van der Waals surface area contributed by atoms with Crippen molar-refractivity contribution >= 4 is 40.9 Å². The number of anilines is 1. The number of amides is 3. The number of imidazole rings is 1. The first-order chi connectivity index (χ1) is 23.2. The number of pyridine rings is 1. The van der Waals surface area contributed by atoms with E-state index in [4.69, 9.17) is 11.6 Å². The molecule has 0 saturated carbocycles. The molecule has 1 aliphatic heterocycles. The third-order valence-electron chi connectivity index (χ3n) is 7.23. The molecule has 4 heterocycles. The molecule has 0 spiro atoms. The van der Waals surface area contributed by atoms with Crippen molar-refractivity contribution in [1.29, 1.82) is 0 Å². The Balaban J connectivity index is 1.38. The highest BCUT2D eigenvalue weighted by atomic mass is 35.5. The molecule has 5 aromatic rings. The molecule has 3 aromatic heterocycles. The average molecular weight is 701 g/mol. The molecule has 2 aromatic carbocycles. The standard InChI is InChI=1S/C31H19ClF6N8O3/c1-14(15-2-5-23(39-10-15)46-12-20(35)11-40-46)41-30(49)28-43-27(44-29(48)16-6-17(31(36,37)38)8-19(34)7-16)26-25(42-24(47)13-45(26)28)21-9-18(33)3-4-22(21)32/h2-12,14H,13H2,1H3,(H,41,49)(H,44,48)/t14-/m1/s1. The van der Waals surface area contributed by atoms with Crippen molar-refractivity contribution in [3.63, 3.8) is 0 Å². The number of aromatic nitrogens is 5. The van der Waals surface area contributed by atoms with Crippen molar-refractivity contribution in [2.45, 2.75) is 25.7 Å². The fourth-order valence-corrected chi connectivity index (χ4v) is 5.15. The molecule has 0 aliphatic carbocycles. The van der Waals surface area contributed by atoms with Crippen molar-refractivity contribution in [3.8, 4) is 5.82 Å². The van der Waals surface area contributed by atoms with Gasteiger partial charge in [0, 0.05) is 17.3 Å². The highest BCUT2D eigenvalue weighted by Gasteiger charge is 2.35. The second-order valence-corrected chi connectivity index (χ2v) is 11.0. The van der Waals surface area contributed by atoms with Crippen LogP contribution in [0, 0.1) is 17.5 Å². The maximum atomic E-state index is 14.3. The summed E-state index contributed by atoms with van der Waals surface area (Å²) in [5.74, 6) is -6.26. The topological polar surface area (TPSA) is 136 Å². The average Bonchev–Trinajstić information content (AvgIpc) is 3.64. The lowest BCUT2D eigenvalue weighted by atomic mass is 10.0. The third-order valence-corrected chi connectivity index (χ3v) is 7.56. The van der Waals surface area contributed by atoms with Gasteiger partial charge < -0.3 is 15.2 Å². The first-order valence-electron chi connectivity index (χ1n) is 14.0. The molecule has 0 saturated heterocycles. The molecule has 250 valence electrons. The molecule has 0 unspecified atom stereocenters. The molecule has 49 heavy (non-hydrogen) atoms. The lowest BCUT2D eigenvalue weighted by Crippen LogP contribution is -2.32. The van der Waals surface area contributed by atoms with Crippen LogP contribution in [0.3, 0.4) is 0 Å². The molecule has 2 N–H and O–H groups in total. The number of benzene rings is 2. The molecule has 0 fully saturated rings. The normalized spacial score (nSPS) is 13.5.